The van der Waals surface area contributed by atoms with E-state index in [1.54, 1.807) is 61.2 Å². The van der Waals surface area contributed by atoms with Gasteiger partial charge in [0, 0.05) is 26.2 Å². The van der Waals surface area contributed by atoms with Crippen molar-refractivity contribution in [1.29, 1.82) is 0 Å². The second kappa shape index (κ2) is 10.8. The normalized spacial score (nSPS) is 12.0. The molecule has 0 unspecified atom stereocenters. The molecule has 0 aliphatic carbocycles. The van der Waals surface area contributed by atoms with Crippen LogP contribution in [0.4, 0.5) is 11.4 Å². The Bertz CT molecular complexity index is 875. The number of benzene rings is 2. The fourth-order valence-corrected chi connectivity index (χ4v) is 4.01. The third-order valence-electron chi connectivity index (χ3n) is 4.62. The van der Waals surface area contributed by atoms with E-state index in [1.807, 2.05) is 37.5 Å². The van der Waals surface area contributed by atoms with E-state index in [9.17, 15) is 8.42 Å². The summed E-state index contributed by atoms with van der Waals surface area (Å²) in [5.74, 6) is 0. The van der Waals surface area contributed by atoms with Gasteiger partial charge in [0.15, 0.2) is 0 Å². The fraction of sp³-hybridized carbons (Fsp3) is 0.364. The Labute approximate surface area is 174 Å². The van der Waals surface area contributed by atoms with Crippen molar-refractivity contribution >= 4 is 33.9 Å². The van der Waals surface area contributed by atoms with E-state index in [0.717, 1.165) is 26.2 Å². The molecule has 2 rings (SSSR count). The molecule has 2 aromatic carbocycles. The first kappa shape index (κ1) is 22.6. The van der Waals surface area contributed by atoms with Crippen LogP contribution in [0, 0.1) is 0 Å². The lowest BCUT2D eigenvalue weighted by molar-refractivity contribution is 0.480. The number of aliphatic imine (C=N–C) groups is 2. The predicted molar refractivity (Wildman–Crippen MR) is 120 cm³/mol. The van der Waals surface area contributed by atoms with Crippen LogP contribution >= 0.6 is 0 Å². The van der Waals surface area contributed by atoms with Crippen molar-refractivity contribution in [2.24, 2.45) is 9.98 Å². The highest BCUT2D eigenvalue weighted by Gasteiger charge is 2.18. The fourth-order valence-electron chi connectivity index (χ4n) is 2.67. The molecule has 0 saturated carbocycles. The molecule has 0 N–H and O–H groups in total. The summed E-state index contributed by atoms with van der Waals surface area (Å²) in [6.45, 7) is 11.6. The standard InChI is InChI=1S/C22H30N4O2S/c1-5-25(6-2)17-23-19-11-9-13-21(15-19)29(27,28)22-14-10-12-20(16-22)24-18-26(7-3)8-4/h9-18H,5-8H2,1-4H3. The van der Waals surface area contributed by atoms with E-state index in [1.165, 1.54) is 0 Å². The first-order chi connectivity index (χ1) is 13.9. The zero-order valence-electron chi connectivity index (χ0n) is 17.6. The highest BCUT2D eigenvalue weighted by Crippen LogP contribution is 2.27. The first-order valence-corrected chi connectivity index (χ1v) is 11.4. The van der Waals surface area contributed by atoms with Crippen LogP contribution in [0.15, 0.2) is 68.3 Å². The summed E-state index contributed by atoms with van der Waals surface area (Å²) in [5.41, 5.74) is 1.21. The van der Waals surface area contributed by atoms with Crippen molar-refractivity contribution in [2.45, 2.75) is 37.5 Å². The SMILES string of the molecule is CCN(C=Nc1cccc(S(=O)(=O)c2cccc(N=CN(CC)CC)c2)c1)CC. The van der Waals surface area contributed by atoms with Crippen molar-refractivity contribution in [2.75, 3.05) is 26.2 Å². The van der Waals surface area contributed by atoms with Crippen LogP contribution in [0.5, 0.6) is 0 Å². The zero-order valence-corrected chi connectivity index (χ0v) is 18.4. The third-order valence-corrected chi connectivity index (χ3v) is 6.37. The minimum Gasteiger partial charge on any atom is -0.363 e. The third kappa shape index (κ3) is 6.15. The maximum absolute atomic E-state index is 13.1. The number of sulfone groups is 1. The van der Waals surface area contributed by atoms with Gasteiger partial charge in [-0.2, -0.15) is 0 Å². The van der Waals surface area contributed by atoms with E-state index < -0.39 is 9.84 Å². The lowest BCUT2D eigenvalue weighted by Gasteiger charge is -2.13. The average Bonchev–Trinajstić information content (AvgIpc) is 2.75. The summed E-state index contributed by atoms with van der Waals surface area (Å²) >= 11 is 0. The molecule has 2 aromatic rings. The second-order valence-electron chi connectivity index (χ2n) is 6.43. The summed E-state index contributed by atoms with van der Waals surface area (Å²) in [7, 11) is -3.66. The maximum Gasteiger partial charge on any atom is 0.206 e. The van der Waals surface area contributed by atoms with Crippen LogP contribution in [-0.2, 0) is 9.84 Å². The Morgan fingerprint density at radius 1 is 0.724 bits per heavy atom. The van der Waals surface area contributed by atoms with E-state index in [0.29, 0.717) is 11.4 Å². The Hall–Kier alpha value is -2.67. The molecule has 0 heterocycles. The highest BCUT2D eigenvalue weighted by atomic mass is 32.2. The van der Waals surface area contributed by atoms with Gasteiger partial charge in [0.1, 0.15) is 0 Å². The highest BCUT2D eigenvalue weighted by molar-refractivity contribution is 7.91. The second-order valence-corrected chi connectivity index (χ2v) is 8.38. The van der Waals surface area contributed by atoms with Crippen LogP contribution in [0.25, 0.3) is 0 Å². The molecule has 0 aromatic heterocycles. The van der Waals surface area contributed by atoms with E-state index in [-0.39, 0.29) is 9.79 Å². The zero-order chi connectivity index (χ0) is 21.3. The summed E-state index contributed by atoms with van der Waals surface area (Å²) in [4.78, 5) is 13.3. The Kier molecular flexibility index (Phi) is 8.39. The minimum atomic E-state index is -3.66. The Morgan fingerprint density at radius 2 is 1.10 bits per heavy atom. The van der Waals surface area contributed by atoms with Gasteiger partial charge in [-0.3, -0.25) is 0 Å². The molecule has 0 fully saturated rings. The molecule has 0 aliphatic rings. The van der Waals surface area contributed by atoms with Crippen molar-refractivity contribution < 1.29 is 8.42 Å². The lowest BCUT2D eigenvalue weighted by atomic mass is 10.3. The largest absolute Gasteiger partial charge is 0.363 e. The van der Waals surface area contributed by atoms with Crippen LogP contribution in [0.2, 0.25) is 0 Å². The van der Waals surface area contributed by atoms with Gasteiger partial charge < -0.3 is 9.80 Å². The molecule has 0 amide bonds. The van der Waals surface area contributed by atoms with Gasteiger partial charge in [0.25, 0.3) is 0 Å². The molecule has 0 atom stereocenters. The average molecular weight is 415 g/mol. The van der Waals surface area contributed by atoms with Crippen LogP contribution in [0.3, 0.4) is 0 Å². The quantitative estimate of drug-likeness (QED) is 0.423. The monoisotopic (exact) mass is 414 g/mol. The molecular formula is C22H30N4O2S. The summed E-state index contributed by atoms with van der Waals surface area (Å²) in [6, 6.07) is 13.4. The van der Waals surface area contributed by atoms with Gasteiger partial charge in [-0.15, -0.1) is 0 Å². The lowest BCUT2D eigenvalue weighted by Crippen LogP contribution is -2.20. The van der Waals surface area contributed by atoms with Crippen LogP contribution < -0.4 is 0 Å². The van der Waals surface area contributed by atoms with Gasteiger partial charge in [0.2, 0.25) is 9.84 Å². The van der Waals surface area contributed by atoms with Gasteiger partial charge >= 0.3 is 0 Å². The molecule has 0 saturated heterocycles. The number of rotatable bonds is 10. The number of hydrogen-bond acceptors (Lipinski definition) is 4. The van der Waals surface area contributed by atoms with Gasteiger partial charge in [-0.05, 0) is 64.1 Å². The van der Waals surface area contributed by atoms with Gasteiger partial charge in [-0.25, -0.2) is 18.4 Å². The van der Waals surface area contributed by atoms with Crippen molar-refractivity contribution in [3.8, 4) is 0 Å². The van der Waals surface area contributed by atoms with Crippen LogP contribution in [0.1, 0.15) is 27.7 Å². The molecule has 29 heavy (non-hydrogen) atoms. The molecule has 6 nitrogen and oxygen atoms in total. The molecule has 0 spiro atoms. The molecular weight excluding hydrogens is 384 g/mol. The predicted octanol–water partition coefficient (Wildman–Crippen LogP) is 4.52. The maximum atomic E-state index is 13.1. The van der Waals surface area contributed by atoms with Gasteiger partial charge in [-0.1, -0.05) is 12.1 Å². The van der Waals surface area contributed by atoms with Gasteiger partial charge in [0.05, 0.1) is 33.8 Å². The summed E-state index contributed by atoms with van der Waals surface area (Å²) < 4.78 is 26.2. The molecule has 0 bridgehead atoms. The Balaban J connectivity index is 2.31. The Morgan fingerprint density at radius 3 is 1.45 bits per heavy atom. The molecule has 156 valence electrons. The topological polar surface area (TPSA) is 65.3 Å². The molecule has 0 radical (unpaired) electrons. The van der Waals surface area contributed by atoms with Crippen LogP contribution in [-0.4, -0.2) is 57.1 Å². The first-order valence-electron chi connectivity index (χ1n) is 9.96. The summed E-state index contributed by atoms with van der Waals surface area (Å²) in [5, 5.41) is 0. The number of nitrogens with zero attached hydrogens (tertiary/aromatic N) is 4. The van der Waals surface area contributed by atoms with Crippen molar-refractivity contribution in [3.63, 3.8) is 0 Å². The van der Waals surface area contributed by atoms with Crippen molar-refractivity contribution in [3.05, 3.63) is 48.5 Å². The molecule has 7 heteroatoms. The van der Waals surface area contributed by atoms with E-state index in [4.69, 9.17) is 0 Å². The smallest absolute Gasteiger partial charge is 0.206 e. The number of hydrogen-bond donors (Lipinski definition) is 0. The minimum absolute atomic E-state index is 0.219. The van der Waals surface area contributed by atoms with Crippen molar-refractivity contribution in [1.82, 2.24) is 9.80 Å². The van der Waals surface area contributed by atoms with E-state index >= 15 is 0 Å². The molecule has 0 aliphatic heterocycles. The summed E-state index contributed by atoms with van der Waals surface area (Å²) in [6.07, 6.45) is 3.49. The van der Waals surface area contributed by atoms with E-state index in [2.05, 4.69) is 9.98 Å².